The number of hydrogen-bond donors (Lipinski definition) is 0. The van der Waals surface area contributed by atoms with E-state index in [1.807, 2.05) is 38.1 Å². The summed E-state index contributed by atoms with van der Waals surface area (Å²) in [6.45, 7) is 4.45. The molecule has 0 fully saturated rings. The summed E-state index contributed by atoms with van der Waals surface area (Å²) in [6, 6.07) is 7.48. The van der Waals surface area contributed by atoms with Crippen molar-refractivity contribution in [3.8, 4) is 0 Å². The maximum atomic E-state index is 11.9. The van der Waals surface area contributed by atoms with Gasteiger partial charge in [0, 0.05) is 5.02 Å². The van der Waals surface area contributed by atoms with Gasteiger partial charge in [-0.25, -0.2) is 5.01 Å². The molecule has 17 heavy (non-hydrogen) atoms. The molecule has 4 heteroatoms. The molecule has 1 aliphatic heterocycles. The molecule has 0 N–H and O–H groups in total. The lowest BCUT2D eigenvalue weighted by Crippen LogP contribution is -2.25. The number of benzene rings is 1. The summed E-state index contributed by atoms with van der Waals surface area (Å²) in [5.74, 6) is 0.00380. The molecule has 0 bridgehead atoms. The minimum absolute atomic E-state index is 0.0766. The van der Waals surface area contributed by atoms with Crippen LogP contribution in [0.15, 0.2) is 29.4 Å². The molecule has 0 radical (unpaired) electrons. The Hall–Kier alpha value is -1.35. The van der Waals surface area contributed by atoms with Gasteiger partial charge in [0.1, 0.15) is 0 Å². The molecule has 1 heterocycles. The zero-order chi connectivity index (χ0) is 12.4. The van der Waals surface area contributed by atoms with Crippen LogP contribution in [0.4, 0.5) is 0 Å². The Morgan fingerprint density at radius 2 is 2.00 bits per heavy atom. The van der Waals surface area contributed by atoms with Crippen LogP contribution in [0.3, 0.4) is 0 Å². The highest BCUT2D eigenvalue weighted by atomic mass is 35.5. The van der Waals surface area contributed by atoms with Crippen molar-refractivity contribution in [2.24, 2.45) is 11.0 Å². The third-order valence-electron chi connectivity index (χ3n) is 2.98. The Morgan fingerprint density at radius 1 is 1.35 bits per heavy atom. The quantitative estimate of drug-likeness (QED) is 0.811. The molecule has 1 aliphatic rings. The zero-order valence-corrected chi connectivity index (χ0v) is 10.7. The standard InChI is InChI=1S/C13H15ClN2O/c1-3-12-9(2)13(17)16(15-12)8-10-4-6-11(14)7-5-10/h4-7,9H,3,8H2,1-2H3. The van der Waals surface area contributed by atoms with E-state index in [0.717, 1.165) is 17.7 Å². The first-order chi connectivity index (χ1) is 8.11. The minimum atomic E-state index is -0.0766. The van der Waals surface area contributed by atoms with E-state index in [1.54, 1.807) is 5.01 Å². The topological polar surface area (TPSA) is 32.7 Å². The average Bonchev–Trinajstić information content (AvgIpc) is 2.60. The molecule has 0 aliphatic carbocycles. The fraction of sp³-hybridized carbons (Fsp3) is 0.385. The van der Waals surface area contributed by atoms with Crippen LogP contribution < -0.4 is 0 Å². The first kappa shape index (κ1) is 12.1. The summed E-state index contributed by atoms with van der Waals surface area (Å²) in [6.07, 6.45) is 0.823. The SMILES string of the molecule is CCC1=NN(Cc2ccc(Cl)cc2)C(=O)C1C. The van der Waals surface area contributed by atoms with Gasteiger partial charge in [-0.05, 0) is 31.0 Å². The summed E-state index contributed by atoms with van der Waals surface area (Å²) in [5, 5.41) is 6.60. The molecule has 1 aromatic rings. The van der Waals surface area contributed by atoms with Crippen LogP contribution in [0, 0.1) is 5.92 Å². The van der Waals surface area contributed by atoms with Crippen molar-refractivity contribution in [3.63, 3.8) is 0 Å². The van der Waals surface area contributed by atoms with Gasteiger partial charge in [0.2, 0.25) is 0 Å². The van der Waals surface area contributed by atoms with Crippen LogP contribution in [0.5, 0.6) is 0 Å². The maximum absolute atomic E-state index is 11.9. The number of carbonyl (C=O) groups excluding carboxylic acids is 1. The molecule has 1 amide bonds. The molecule has 0 aromatic heterocycles. The highest BCUT2D eigenvalue weighted by molar-refractivity contribution is 6.30. The van der Waals surface area contributed by atoms with Crippen molar-refractivity contribution in [3.05, 3.63) is 34.9 Å². The molecule has 1 unspecified atom stereocenters. The van der Waals surface area contributed by atoms with Gasteiger partial charge in [0.15, 0.2) is 0 Å². The summed E-state index contributed by atoms with van der Waals surface area (Å²) >= 11 is 5.82. The van der Waals surface area contributed by atoms with E-state index < -0.39 is 0 Å². The van der Waals surface area contributed by atoms with Crippen LogP contribution >= 0.6 is 11.6 Å². The number of hydrazone groups is 1. The first-order valence-electron chi connectivity index (χ1n) is 5.75. The predicted molar refractivity (Wildman–Crippen MR) is 68.9 cm³/mol. The number of carbonyl (C=O) groups is 1. The second-order valence-corrected chi connectivity index (χ2v) is 4.63. The number of nitrogens with zero attached hydrogens (tertiary/aromatic N) is 2. The summed E-state index contributed by atoms with van der Waals surface area (Å²) in [5.41, 5.74) is 2.00. The van der Waals surface area contributed by atoms with Crippen LogP contribution in [-0.4, -0.2) is 16.6 Å². The van der Waals surface area contributed by atoms with Crippen molar-refractivity contribution in [1.82, 2.24) is 5.01 Å². The molecule has 90 valence electrons. The van der Waals surface area contributed by atoms with E-state index in [1.165, 1.54) is 0 Å². The van der Waals surface area contributed by atoms with Gasteiger partial charge in [-0.15, -0.1) is 0 Å². The van der Waals surface area contributed by atoms with E-state index in [0.29, 0.717) is 11.6 Å². The Labute approximate surface area is 106 Å². The summed E-state index contributed by atoms with van der Waals surface area (Å²) < 4.78 is 0. The number of amides is 1. The monoisotopic (exact) mass is 250 g/mol. The largest absolute Gasteiger partial charge is 0.272 e. The molecular formula is C13H15ClN2O. The van der Waals surface area contributed by atoms with Gasteiger partial charge in [0.05, 0.1) is 18.2 Å². The Bertz CT molecular complexity index is 453. The molecule has 3 nitrogen and oxygen atoms in total. The highest BCUT2D eigenvalue weighted by Crippen LogP contribution is 2.20. The Morgan fingerprint density at radius 3 is 2.53 bits per heavy atom. The fourth-order valence-electron chi connectivity index (χ4n) is 1.91. The van der Waals surface area contributed by atoms with Crippen LogP contribution in [0.25, 0.3) is 0 Å². The van der Waals surface area contributed by atoms with Gasteiger partial charge in [-0.1, -0.05) is 30.7 Å². The fourth-order valence-corrected chi connectivity index (χ4v) is 2.04. The van der Waals surface area contributed by atoms with Crippen molar-refractivity contribution in [2.45, 2.75) is 26.8 Å². The van der Waals surface area contributed by atoms with Gasteiger partial charge >= 0.3 is 0 Å². The average molecular weight is 251 g/mol. The van der Waals surface area contributed by atoms with Gasteiger partial charge in [-0.3, -0.25) is 4.79 Å². The van der Waals surface area contributed by atoms with Crippen molar-refractivity contribution in [1.29, 1.82) is 0 Å². The lowest BCUT2D eigenvalue weighted by Gasteiger charge is -2.12. The van der Waals surface area contributed by atoms with E-state index >= 15 is 0 Å². The smallest absolute Gasteiger partial charge is 0.251 e. The third-order valence-corrected chi connectivity index (χ3v) is 3.23. The first-order valence-corrected chi connectivity index (χ1v) is 6.12. The minimum Gasteiger partial charge on any atom is -0.272 e. The highest BCUT2D eigenvalue weighted by Gasteiger charge is 2.30. The normalized spacial score (nSPS) is 19.7. The zero-order valence-electron chi connectivity index (χ0n) is 9.98. The number of rotatable bonds is 3. The summed E-state index contributed by atoms with van der Waals surface area (Å²) in [4.78, 5) is 11.9. The third kappa shape index (κ3) is 2.50. The molecule has 1 aromatic carbocycles. The van der Waals surface area contributed by atoms with Gasteiger partial charge in [-0.2, -0.15) is 5.10 Å². The van der Waals surface area contributed by atoms with E-state index in [9.17, 15) is 4.79 Å². The number of hydrogen-bond acceptors (Lipinski definition) is 2. The van der Waals surface area contributed by atoms with Gasteiger partial charge in [0.25, 0.3) is 5.91 Å². The van der Waals surface area contributed by atoms with Crippen LogP contribution in [0.2, 0.25) is 5.02 Å². The van der Waals surface area contributed by atoms with E-state index in [2.05, 4.69) is 5.10 Å². The second-order valence-electron chi connectivity index (χ2n) is 4.19. The maximum Gasteiger partial charge on any atom is 0.251 e. The van der Waals surface area contributed by atoms with Crippen LogP contribution in [-0.2, 0) is 11.3 Å². The Kier molecular flexibility index (Phi) is 3.48. The predicted octanol–water partition coefficient (Wildman–Crippen LogP) is 3.08. The lowest BCUT2D eigenvalue weighted by molar-refractivity contribution is -0.131. The molecular weight excluding hydrogens is 236 g/mol. The molecule has 0 saturated heterocycles. The Balaban J connectivity index is 2.12. The van der Waals surface area contributed by atoms with Crippen molar-refractivity contribution in [2.75, 3.05) is 0 Å². The summed E-state index contributed by atoms with van der Waals surface area (Å²) in [7, 11) is 0. The second kappa shape index (κ2) is 4.88. The molecule has 2 rings (SSSR count). The van der Waals surface area contributed by atoms with E-state index in [-0.39, 0.29) is 11.8 Å². The van der Waals surface area contributed by atoms with Crippen molar-refractivity contribution >= 4 is 23.2 Å². The van der Waals surface area contributed by atoms with Crippen molar-refractivity contribution < 1.29 is 4.79 Å². The molecule has 1 atom stereocenters. The van der Waals surface area contributed by atoms with Crippen LogP contribution in [0.1, 0.15) is 25.8 Å². The van der Waals surface area contributed by atoms with Gasteiger partial charge < -0.3 is 0 Å². The van der Waals surface area contributed by atoms with E-state index in [4.69, 9.17) is 11.6 Å². The number of halogens is 1. The lowest BCUT2D eigenvalue weighted by atomic mass is 10.0. The molecule has 0 saturated carbocycles. The molecule has 0 spiro atoms.